The van der Waals surface area contributed by atoms with Gasteiger partial charge in [0, 0.05) is 26.1 Å². The zero-order chi connectivity index (χ0) is 17.7. The van der Waals surface area contributed by atoms with Crippen LogP contribution >= 0.6 is 0 Å². The first kappa shape index (κ1) is 22.3. The standard InChI is InChI=1S/C15H31NO6S/c1-3-22-13-14(17)9-8-12-16(23(2,20)21)11-7-5-4-6-10-15(18)19/h14,17H,3-13H2,1-2H3,(H,18,19). The van der Waals surface area contributed by atoms with Crippen LogP contribution in [0.3, 0.4) is 0 Å². The van der Waals surface area contributed by atoms with Crippen molar-refractivity contribution in [1.29, 1.82) is 0 Å². The van der Waals surface area contributed by atoms with Gasteiger partial charge in [0.15, 0.2) is 0 Å². The maximum atomic E-state index is 11.7. The normalized spacial score (nSPS) is 13.4. The van der Waals surface area contributed by atoms with Crippen molar-refractivity contribution in [3.8, 4) is 0 Å². The second-order valence-electron chi connectivity index (χ2n) is 5.68. The molecule has 0 aromatic heterocycles. The van der Waals surface area contributed by atoms with Gasteiger partial charge in [-0.15, -0.1) is 0 Å². The number of aliphatic hydroxyl groups excluding tert-OH is 1. The molecule has 0 aromatic rings. The van der Waals surface area contributed by atoms with Crippen LogP contribution in [0.15, 0.2) is 0 Å². The quantitative estimate of drug-likeness (QED) is 0.432. The number of unbranched alkanes of at least 4 members (excludes halogenated alkanes) is 3. The first-order chi connectivity index (χ1) is 10.8. The van der Waals surface area contributed by atoms with E-state index in [1.165, 1.54) is 10.6 Å². The van der Waals surface area contributed by atoms with Gasteiger partial charge in [0.2, 0.25) is 10.0 Å². The maximum absolute atomic E-state index is 11.7. The molecule has 1 unspecified atom stereocenters. The topological polar surface area (TPSA) is 104 Å². The van der Waals surface area contributed by atoms with E-state index in [2.05, 4.69) is 0 Å². The summed E-state index contributed by atoms with van der Waals surface area (Å²) in [6.45, 7) is 3.51. The molecular weight excluding hydrogens is 322 g/mol. The fraction of sp³-hybridized carbons (Fsp3) is 0.933. The van der Waals surface area contributed by atoms with Crippen molar-refractivity contribution >= 4 is 16.0 Å². The molecule has 0 radical (unpaired) electrons. The molecule has 0 aliphatic rings. The van der Waals surface area contributed by atoms with Gasteiger partial charge in [-0.3, -0.25) is 4.79 Å². The van der Waals surface area contributed by atoms with E-state index in [1.807, 2.05) is 6.92 Å². The SMILES string of the molecule is CCOCC(O)CCCN(CCCCCCC(=O)O)S(C)(=O)=O. The van der Waals surface area contributed by atoms with E-state index in [9.17, 15) is 18.3 Å². The number of carbonyl (C=O) groups is 1. The van der Waals surface area contributed by atoms with Crippen molar-refractivity contribution < 1.29 is 28.2 Å². The van der Waals surface area contributed by atoms with Crippen LogP contribution in [0.4, 0.5) is 0 Å². The molecule has 0 aliphatic carbocycles. The molecule has 0 fully saturated rings. The fourth-order valence-electron chi connectivity index (χ4n) is 2.20. The van der Waals surface area contributed by atoms with Crippen LogP contribution in [-0.4, -0.2) is 67.6 Å². The number of aliphatic hydroxyl groups is 1. The van der Waals surface area contributed by atoms with E-state index in [0.717, 1.165) is 12.8 Å². The number of carboxylic acids is 1. The Bertz CT molecular complexity index is 412. The highest BCUT2D eigenvalue weighted by atomic mass is 32.2. The summed E-state index contributed by atoms with van der Waals surface area (Å²) >= 11 is 0. The van der Waals surface area contributed by atoms with Crippen LogP contribution < -0.4 is 0 Å². The molecule has 0 rings (SSSR count). The van der Waals surface area contributed by atoms with Crippen LogP contribution in [0.1, 0.15) is 51.9 Å². The summed E-state index contributed by atoms with van der Waals surface area (Å²) in [6.07, 6.45) is 4.81. The summed E-state index contributed by atoms with van der Waals surface area (Å²) in [5.41, 5.74) is 0. The van der Waals surface area contributed by atoms with Gasteiger partial charge in [-0.25, -0.2) is 12.7 Å². The summed E-state index contributed by atoms with van der Waals surface area (Å²) in [5, 5.41) is 18.2. The van der Waals surface area contributed by atoms with Crippen LogP contribution in [0.25, 0.3) is 0 Å². The van der Waals surface area contributed by atoms with Gasteiger partial charge in [-0.2, -0.15) is 0 Å². The average Bonchev–Trinajstić information content (AvgIpc) is 2.45. The Hall–Kier alpha value is -0.700. The minimum atomic E-state index is -3.26. The second-order valence-corrected chi connectivity index (χ2v) is 7.66. The van der Waals surface area contributed by atoms with E-state index in [4.69, 9.17) is 9.84 Å². The number of carboxylic acid groups (broad SMARTS) is 1. The van der Waals surface area contributed by atoms with E-state index in [-0.39, 0.29) is 13.0 Å². The number of rotatable bonds is 15. The first-order valence-corrected chi connectivity index (χ1v) is 10.0. The summed E-state index contributed by atoms with van der Waals surface area (Å²) in [4.78, 5) is 10.4. The minimum absolute atomic E-state index is 0.160. The predicted octanol–water partition coefficient (Wildman–Crippen LogP) is 1.46. The van der Waals surface area contributed by atoms with Crippen molar-refractivity contribution in [2.45, 2.75) is 58.0 Å². The lowest BCUT2D eigenvalue weighted by molar-refractivity contribution is -0.137. The summed E-state index contributed by atoms with van der Waals surface area (Å²) in [5.74, 6) is -0.798. The third-order valence-electron chi connectivity index (χ3n) is 3.48. The van der Waals surface area contributed by atoms with Crippen molar-refractivity contribution in [2.24, 2.45) is 0 Å². The molecule has 8 heteroatoms. The Labute approximate surface area is 139 Å². The summed E-state index contributed by atoms with van der Waals surface area (Å²) in [6, 6.07) is 0. The van der Waals surface area contributed by atoms with E-state index in [0.29, 0.717) is 45.4 Å². The van der Waals surface area contributed by atoms with Gasteiger partial charge in [-0.05, 0) is 32.6 Å². The van der Waals surface area contributed by atoms with Gasteiger partial charge >= 0.3 is 5.97 Å². The van der Waals surface area contributed by atoms with E-state index >= 15 is 0 Å². The third kappa shape index (κ3) is 13.4. The maximum Gasteiger partial charge on any atom is 0.303 e. The second kappa shape index (κ2) is 12.7. The molecule has 0 saturated carbocycles. The summed E-state index contributed by atoms with van der Waals surface area (Å²) < 4.78 is 30.0. The van der Waals surface area contributed by atoms with E-state index in [1.54, 1.807) is 0 Å². The van der Waals surface area contributed by atoms with Crippen LogP contribution in [0.2, 0.25) is 0 Å². The number of ether oxygens (including phenoxy) is 1. The van der Waals surface area contributed by atoms with Crippen molar-refractivity contribution in [3.05, 3.63) is 0 Å². The van der Waals surface area contributed by atoms with Gasteiger partial charge in [0.05, 0.1) is 19.0 Å². The number of aliphatic carboxylic acids is 1. The van der Waals surface area contributed by atoms with Crippen LogP contribution in [0, 0.1) is 0 Å². The highest BCUT2D eigenvalue weighted by Gasteiger charge is 2.16. The minimum Gasteiger partial charge on any atom is -0.481 e. The van der Waals surface area contributed by atoms with Gasteiger partial charge in [0.1, 0.15) is 0 Å². The Morgan fingerprint density at radius 3 is 2.30 bits per heavy atom. The molecule has 1 atom stereocenters. The van der Waals surface area contributed by atoms with Crippen molar-refractivity contribution in [2.75, 3.05) is 32.6 Å². The lowest BCUT2D eigenvalue weighted by atomic mass is 10.1. The molecule has 0 saturated heterocycles. The number of nitrogens with zero attached hydrogens (tertiary/aromatic N) is 1. The molecule has 0 aliphatic heterocycles. The molecule has 138 valence electrons. The lowest BCUT2D eigenvalue weighted by Crippen LogP contribution is -2.32. The highest BCUT2D eigenvalue weighted by molar-refractivity contribution is 7.88. The molecule has 0 bridgehead atoms. The largest absolute Gasteiger partial charge is 0.481 e. The lowest BCUT2D eigenvalue weighted by Gasteiger charge is -2.20. The molecule has 0 spiro atoms. The molecule has 0 amide bonds. The monoisotopic (exact) mass is 353 g/mol. The number of hydrogen-bond donors (Lipinski definition) is 2. The van der Waals surface area contributed by atoms with Gasteiger partial charge < -0.3 is 14.9 Å². The zero-order valence-corrected chi connectivity index (χ0v) is 15.1. The Balaban J connectivity index is 3.97. The molecule has 23 heavy (non-hydrogen) atoms. The molecular formula is C15H31NO6S. The van der Waals surface area contributed by atoms with Crippen molar-refractivity contribution in [3.63, 3.8) is 0 Å². The Kier molecular flexibility index (Phi) is 12.3. The highest BCUT2D eigenvalue weighted by Crippen LogP contribution is 2.09. The number of hydrogen-bond acceptors (Lipinski definition) is 5. The average molecular weight is 353 g/mol. The fourth-order valence-corrected chi connectivity index (χ4v) is 3.12. The van der Waals surface area contributed by atoms with Crippen LogP contribution in [0.5, 0.6) is 0 Å². The van der Waals surface area contributed by atoms with Crippen LogP contribution in [-0.2, 0) is 19.6 Å². The first-order valence-electron chi connectivity index (χ1n) is 8.20. The predicted molar refractivity (Wildman–Crippen MR) is 88.9 cm³/mol. The Morgan fingerprint density at radius 2 is 1.74 bits per heavy atom. The Morgan fingerprint density at radius 1 is 1.13 bits per heavy atom. The molecule has 7 nitrogen and oxygen atoms in total. The zero-order valence-electron chi connectivity index (χ0n) is 14.2. The molecule has 0 aromatic carbocycles. The van der Waals surface area contributed by atoms with E-state index < -0.39 is 22.1 Å². The van der Waals surface area contributed by atoms with Crippen molar-refractivity contribution in [1.82, 2.24) is 4.31 Å². The van der Waals surface area contributed by atoms with Gasteiger partial charge in [0.25, 0.3) is 0 Å². The molecule has 0 heterocycles. The molecule has 2 N–H and O–H groups in total. The smallest absolute Gasteiger partial charge is 0.303 e. The number of sulfonamides is 1. The third-order valence-corrected chi connectivity index (χ3v) is 4.78. The van der Waals surface area contributed by atoms with Gasteiger partial charge in [-0.1, -0.05) is 12.8 Å². The summed E-state index contributed by atoms with van der Waals surface area (Å²) in [7, 11) is -3.26.